The Kier molecular flexibility index (Phi) is 7.77. The molecule has 0 aliphatic carbocycles. The lowest BCUT2D eigenvalue weighted by molar-refractivity contribution is -0.134. The van der Waals surface area contributed by atoms with Crippen molar-refractivity contribution in [3.05, 3.63) is 63.8 Å². The number of thioether (sulfide) groups is 1. The molecule has 2 aliphatic heterocycles. The molecule has 2 N–H and O–H groups in total. The molecule has 198 valence electrons. The van der Waals surface area contributed by atoms with E-state index in [1.807, 2.05) is 6.07 Å². The van der Waals surface area contributed by atoms with E-state index in [4.69, 9.17) is 0 Å². The van der Waals surface area contributed by atoms with E-state index in [1.54, 1.807) is 30.6 Å². The lowest BCUT2D eigenvalue weighted by atomic mass is 9.97. The van der Waals surface area contributed by atoms with Gasteiger partial charge < -0.3 is 10.2 Å². The largest absolute Gasteiger partial charge is 0.425 e. The Morgan fingerprint density at radius 2 is 1.92 bits per heavy atom. The highest BCUT2D eigenvalue weighted by Crippen LogP contribution is 2.38. The van der Waals surface area contributed by atoms with E-state index in [0.717, 1.165) is 55.9 Å². The summed E-state index contributed by atoms with van der Waals surface area (Å²) in [5.74, 6) is 0.586. The van der Waals surface area contributed by atoms with Gasteiger partial charge in [-0.3, -0.25) is 19.9 Å². The number of alkyl halides is 3. The second kappa shape index (κ2) is 11.2. The fourth-order valence-corrected chi connectivity index (χ4v) is 5.89. The molecule has 0 spiro atoms. The number of piperidine rings is 1. The van der Waals surface area contributed by atoms with Crippen molar-refractivity contribution in [1.82, 2.24) is 25.6 Å². The van der Waals surface area contributed by atoms with Crippen LogP contribution in [0.15, 0.2) is 47.6 Å². The molecule has 2 fully saturated rings. The Bertz CT molecular complexity index is 1370. The maximum atomic E-state index is 13.0. The molecular weight excluding hydrogens is 537 g/mol. The number of hydrogen-bond acceptors (Lipinski definition) is 9. The summed E-state index contributed by atoms with van der Waals surface area (Å²) in [5, 5.41) is 5.28. The Labute approximate surface area is 224 Å². The van der Waals surface area contributed by atoms with Gasteiger partial charge in [-0.05, 0) is 73.0 Å². The van der Waals surface area contributed by atoms with E-state index in [2.05, 4.69) is 30.5 Å². The molecular formula is C25H23F3N6O2S2. The first kappa shape index (κ1) is 26.3. The minimum Gasteiger partial charge on any atom is -0.341 e. The minimum atomic E-state index is -4.36. The molecule has 3 aromatic heterocycles. The van der Waals surface area contributed by atoms with Gasteiger partial charge >= 0.3 is 6.18 Å². The van der Waals surface area contributed by atoms with Crippen molar-refractivity contribution in [2.45, 2.75) is 25.6 Å². The van der Waals surface area contributed by atoms with Gasteiger partial charge in [-0.25, -0.2) is 9.97 Å². The van der Waals surface area contributed by atoms with Gasteiger partial charge in [0.15, 0.2) is 0 Å². The highest BCUT2D eigenvalue weighted by molar-refractivity contribution is 8.18. The lowest BCUT2D eigenvalue weighted by Gasteiger charge is -2.32. The SMILES string of the molecule is O=C1NC(=O)/C(=C\c2ccnc(N3CCC(CNCc4cccnc4-c4ccc(C(F)(F)F)s4)CC3)n2)S1. The van der Waals surface area contributed by atoms with E-state index < -0.39 is 22.2 Å². The molecule has 2 saturated heterocycles. The first-order chi connectivity index (χ1) is 18.3. The van der Waals surface area contributed by atoms with Crippen LogP contribution in [-0.4, -0.2) is 45.7 Å². The molecule has 0 radical (unpaired) electrons. The van der Waals surface area contributed by atoms with E-state index >= 15 is 0 Å². The second-order valence-corrected chi connectivity index (χ2v) is 11.0. The molecule has 0 bridgehead atoms. The van der Waals surface area contributed by atoms with Crippen LogP contribution in [0.3, 0.4) is 0 Å². The number of aromatic nitrogens is 3. The third-order valence-electron chi connectivity index (χ3n) is 6.24. The van der Waals surface area contributed by atoms with E-state index in [9.17, 15) is 22.8 Å². The molecule has 5 rings (SSSR count). The fourth-order valence-electron chi connectivity index (χ4n) is 4.32. The van der Waals surface area contributed by atoms with Gasteiger partial charge in [-0.1, -0.05) is 6.07 Å². The van der Waals surface area contributed by atoms with Crippen molar-refractivity contribution in [2.75, 3.05) is 24.5 Å². The van der Waals surface area contributed by atoms with Crippen LogP contribution < -0.4 is 15.5 Å². The summed E-state index contributed by atoms with van der Waals surface area (Å²) in [6.45, 7) is 2.83. The number of pyridine rings is 1. The summed E-state index contributed by atoms with van der Waals surface area (Å²) in [6.07, 6.45) is 2.30. The Balaban J connectivity index is 1.14. The molecule has 0 saturated carbocycles. The summed E-state index contributed by atoms with van der Waals surface area (Å²) < 4.78 is 39.1. The number of amides is 2. The summed E-state index contributed by atoms with van der Waals surface area (Å²) in [6, 6.07) is 7.94. The Morgan fingerprint density at radius 3 is 2.63 bits per heavy atom. The third kappa shape index (κ3) is 6.22. The second-order valence-electron chi connectivity index (χ2n) is 8.87. The van der Waals surface area contributed by atoms with Crippen LogP contribution in [-0.2, 0) is 17.5 Å². The highest BCUT2D eigenvalue weighted by atomic mass is 32.2. The van der Waals surface area contributed by atoms with E-state index in [1.165, 1.54) is 6.07 Å². The van der Waals surface area contributed by atoms with Gasteiger partial charge in [0.25, 0.3) is 11.1 Å². The predicted octanol–water partition coefficient (Wildman–Crippen LogP) is 4.95. The van der Waals surface area contributed by atoms with Crippen LogP contribution in [0.5, 0.6) is 0 Å². The maximum Gasteiger partial charge on any atom is 0.425 e. The summed E-state index contributed by atoms with van der Waals surface area (Å²) in [4.78, 5) is 38.7. The summed E-state index contributed by atoms with van der Waals surface area (Å²) in [5.41, 5.74) is 1.99. The minimum absolute atomic E-state index is 0.307. The average molecular weight is 561 g/mol. The van der Waals surface area contributed by atoms with Gasteiger partial charge in [0.1, 0.15) is 4.88 Å². The quantitative estimate of drug-likeness (QED) is 0.392. The molecule has 38 heavy (non-hydrogen) atoms. The molecule has 0 aromatic carbocycles. The lowest BCUT2D eigenvalue weighted by Crippen LogP contribution is -2.38. The Hall–Kier alpha value is -3.29. The van der Waals surface area contributed by atoms with Crippen LogP contribution in [0.2, 0.25) is 0 Å². The molecule has 2 amide bonds. The summed E-state index contributed by atoms with van der Waals surface area (Å²) >= 11 is 1.55. The number of nitrogens with zero attached hydrogens (tertiary/aromatic N) is 4. The molecule has 5 heterocycles. The first-order valence-electron chi connectivity index (χ1n) is 11.9. The Morgan fingerprint density at radius 1 is 1.11 bits per heavy atom. The average Bonchev–Trinajstić information content (AvgIpc) is 3.51. The number of carbonyl (C=O) groups is 2. The number of anilines is 1. The van der Waals surface area contributed by atoms with Crippen molar-refractivity contribution < 1.29 is 22.8 Å². The van der Waals surface area contributed by atoms with Crippen LogP contribution in [0.25, 0.3) is 16.6 Å². The van der Waals surface area contributed by atoms with Gasteiger partial charge in [-0.2, -0.15) is 13.2 Å². The number of hydrogen-bond donors (Lipinski definition) is 2. The molecule has 0 atom stereocenters. The van der Waals surface area contributed by atoms with Crippen molar-refractivity contribution in [3.8, 4) is 10.6 Å². The molecule has 3 aromatic rings. The van der Waals surface area contributed by atoms with Crippen LogP contribution >= 0.6 is 23.1 Å². The third-order valence-corrected chi connectivity index (χ3v) is 8.19. The number of nitrogens with one attached hydrogen (secondary N) is 2. The number of rotatable bonds is 7. The zero-order valence-electron chi connectivity index (χ0n) is 20.0. The number of imide groups is 1. The normalized spacial score (nSPS) is 17.9. The number of halogens is 3. The van der Waals surface area contributed by atoms with E-state index in [-0.39, 0.29) is 0 Å². The first-order valence-corrected chi connectivity index (χ1v) is 13.5. The van der Waals surface area contributed by atoms with Gasteiger partial charge in [-0.15, -0.1) is 11.3 Å². The molecule has 8 nitrogen and oxygen atoms in total. The van der Waals surface area contributed by atoms with Crippen molar-refractivity contribution in [3.63, 3.8) is 0 Å². The number of thiophene rings is 1. The van der Waals surface area contributed by atoms with Crippen LogP contribution in [0, 0.1) is 5.92 Å². The van der Waals surface area contributed by atoms with Crippen LogP contribution in [0.1, 0.15) is 29.0 Å². The maximum absolute atomic E-state index is 13.0. The van der Waals surface area contributed by atoms with Gasteiger partial charge in [0, 0.05) is 32.0 Å². The molecule has 2 aliphatic rings. The van der Waals surface area contributed by atoms with Crippen molar-refractivity contribution in [2.24, 2.45) is 5.92 Å². The fraction of sp³-hybridized carbons (Fsp3) is 0.320. The zero-order valence-corrected chi connectivity index (χ0v) is 21.6. The zero-order chi connectivity index (χ0) is 26.7. The van der Waals surface area contributed by atoms with E-state index in [0.29, 0.717) is 50.9 Å². The van der Waals surface area contributed by atoms with Crippen molar-refractivity contribution in [1.29, 1.82) is 0 Å². The van der Waals surface area contributed by atoms with Gasteiger partial charge in [0.2, 0.25) is 5.95 Å². The standard InChI is InChI=1S/C25H23F3N6O2S2/c26-25(27,28)20-4-3-18(37-20)21-16(2-1-8-30-21)14-29-13-15-6-10-34(11-7-15)23-31-9-5-17(32-23)12-19-22(35)33-24(36)38-19/h1-5,8-9,12,15,29H,6-7,10-11,13-14H2,(H,33,35,36)/b19-12+. The van der Waals surface area contributed by atoms with Crippen molar-refractivity contribution >= 4 is 46.3 Å². The monoisotopic (exact) mass is 560 g/mol. The topological polar surface area (TPSA) is 100 Å². The summed E-state index contributed by atoms with van der Waals surface area (Å²) in [7, 11) is 0. The predicted molar refractivity (Wildman–Crippen MR) is 140 cm³/mol. The van der Waals surface area contributed by atoms with Crippen LogP contribution in [0.4, 0.5) is 23.9 Å². The smallest absolute Gasteiger partial charge is 0.341 e. The highest BCUT2D eigenvalue weighted by Gasteiger charge is 2.33. The van der Waals surface area contributed by atoms with Gasteiger partial charge in [0.05, 0.1) is 21.2 Å². The molecule has 13 heteroatoms. The number of carbonyl (C=O) groups excluding carboxylic acids is 2. The molecule has 0 unspecified atom stereocenters.